The number of hydrogen-bond acceptors (Lipinski definition) is 4. The van der Waals surface area contributed by atoms with Crippen LogP contribution in [0.15, 0.2) is 46.9 Å². The number of carbonyl (C=O) groups is 1. The maximum absolute atomic E-state index is 12.7. The molecule has 6 heteroatoms. The number of carbonyl (C=O) groups excluding carboxylic acids is 1. The van der Waals surface area contributed by atoms with Crippen molar-refractivity contribution in [2.75, 3.05) is 31.1 Å². The molecule has 2 heterocycles. The van der Waals surface area contributed by atoms with Gasteiger partial charge in [0.05, 0.1) is 10.2 Å². The lowest BCUT2D eigenvalue weighted by Crippen LogP contribution is -2.48. The minimum Gasteiger partial charge on any atom is -0.345 e. The fourth-order valence-corrected chi connectivity index (χ4v) is 4.67. The first-order valence-corrected chi connectivity index (χ1v) is 9.89. The van der Waals surface area contributed by atoms with Crippen molar-refractivity contribution >= 4 is 48.5 Å². The van der Waals surface area contributed by atoms with Gasteiger partial charge in [0.25, 0.3) is 5.91 Å². The van der Waals surface area contributed by atoms with Crippen LogP contribution in [-0.4, -0.2) is 42.0 Å². The van der Waals surface area contributed by atoms with Gasteiger partial charge >= 0.3 is 0 Å². The van der Waals surface area contributed by atoms with Crippen LogP contribution in [-0.2, 0) is 0 Å². The van der Waals surface area contributed by atoms with E-state index in [0.717, 1.165) is 52.4 Å². The Hall–Kier alpha value is -1.92. The highest BCUT2D eigenvalue weighted by atomic mass is 79.9. The van der Waals surface area contributed by atoms with Crippen LogP contribution in [0.4, 0.5) is 5.13 Å². The number of rotatable bonds is 2. The minimum atomic E-state index is 0.131. The predicted molar refractivity (Wildman–Crippen MR) is 107 cm³/mol. The number of hydrogen-bond donors (Lipinski definition) is 0. The van der Waals surface area contributed by atoms with E-state index in [9.17, 15) is 4.79 Å². The van der Waals surface area contributed by atoms with E-state index in [1.165, 1.54) is 4.70 Å². The number of fused-ring (bicyclic) bond motifs is 1. The first kappa shape index (κ1) is 16.5. The van der Waals surface area contributed by atoms with Crippen molar-refractivity contribution in [2.24, 2.45) is 0 Å². The van der Waals surface area contributed by atoms with Crippen molar-refractivity contribution in [3.05, 3.63) is 58.1 Å². The van der Waals surface area contributed by atoms with Gasteiger partial charge in [-0.05, 0) is 36.8 Å². The molecule has 0 bridgehead atoms. The van der Waals surface area contributed by atoms with Gasteiger partial charge in [-0.25, -0.2) is 4.98 Å². The number of halogens is 1. The molecule has 4 nitrogen and oxygen atoms in total. The Morgan fingerprint density at radius 1 is 1.12 bits per heavy atom. The second-order valence-corrected chi connectivity index (χ2v) is 8.13. The lowest BCUT2D eigenvalue weighted by molar-refractivity contribution is 0.0746. The summed E-state index contributed by atoms with van der Waals surface area (Å²) in [6.07, 6.45) is 0. The number of aromatic nitrogens is 1. The van der Waals surface area contributed by atoms with Crippen LogP contribution in [0.2, 0.25) is 0 Å². The first-order valence-electron chi connectivity index (χ1n) is 8.28. The fraction of sp³-hybridized carbons (Fsp3) is 0.263. The number of amides is 1. The summed E-state index contributed by atoms with van der Waals surface area (Å²) in [5.74, 6) is 0.131. The molecule has 1 aromatic heterocycles. The average molecular weight is 416 g/mol. The summed E-state index contributed by atoms with van der Waals surface area (Å²) in [6, 6.07) is 14.0. The van der Waals surface area contributed by atoms with Crippen molar-refractivity contribution < 1.29 is 4.79 Å². The zero-order valence-corrected chi connectivity index (χ0v) is 16.3. The monoisotopic (exact) mass is 415 g/mol. The van der Waals surface area contributed by atoms with Crippen LogP contribution in [0.25, 0.3) is 10.2 Å². The molecule has 1 aliphatic rings. The van der Waals surface area contributed by atoms with E-state index in [0.29, 0.717) is 0 Å². The van der Waals surface area contributed by atoms with E-state index in [1.807, 2.05) is 48.2 Å². The largest absolute Gasteiger partial charge is 0.345 e. The average Bonchev–Trinajstić information content (AvgIpc) is 3.05. The predicted octanol–water partition coefficient (Wildman–Crippen LogP) is 4.33. The maximum atomic E-state index is 12.7. The van der Waals surface area contributed by atoms with Crippen LogP contribution in [0, 0.1) is 6.92 Å². The fourth-order valence-electron chi connectivity index (χ4n) is 3.11. The molecule has 0 spiro atoms. The summed E-state index contributed by atoms with van der Waals surface area (Å²) < 4.78 is 2.26. The summed E-state index contributed by atoms with van der Waals surface area (Å²) in [4.78, 5) is 21.7. The summed E-state index contributed by atoms with van der Waals surface area (Å²) >= 11 is 5.22. The zero-order valence-electron chi connectivity index (χ0n) is 13.9. The van der Waals surface area contributed by atoms with Crippen LogP contribution < -0.4 is 4.90 Å². The Morgan fingerprint density at radius 2 is 1.88 bits per heavy atom. The van der Waals surface area contributed by atoms with Gasteiger partial charge in [-0.2, -0.15) is 0 Å². The van der Waals surface area contributed by atoms with Gasteiger partial charge in [0.2, 0.25) is 0 Å². The van der Waals surface area contributed by atoms with E-state index >= 15 is 0 Å². The van der Waals surface area contributed by atoms with Crippen molar-refractivity contribution in [1.82, 2.24) is 9.88 Å². The normalized spacial score (nSPS) is 15.0. The van der Waals surface area contributed by atoms with E-state index in [2.05, 4.69) is 26.9 Å². The topological polar surface area (TPSA) is 36.4 Å². The zero-order chi connectivity index (χ0) is 17.4. The molecule has 3 aromatic rings. The lowest BCUT2D eigenvalue weighted by atomic mass is 10.1. The molecule has 0 N–H and O–H groups in total. The Bertz CT molecular complexity index is 931. The third-order valence-electron chi connectivity index (χ3n) is 4.55. The molecular formula is C19H18BrN3OS. The van der Waals surface area contributed by atoms with Crippen LogP contribution >= 0.6 is 27.3 Å². The SMILES string of the molecule is Cc1ccccc1C(=O)N1CCN(c2nc3ccc(Br)cc3s2)CC1. The second-order valence-electron chi connectivity index (χ2n) is 6.20. The van der Waals surface area contributed by atoms with E-state index in [4.69, 9.17) is 4.98 Å². The first-order chi connectivity index (χ1) is 12.1. The van der Waals surface area contributed by atoms with E-state index in [-0.39, 0.29) is 5.91 Å². The number of piperazine rings is 1. The van der Waals surface area contributed by atoms with Crippen molar-refractivity contribution in [2.45, 2.75) is 6.92 Å². The molecule has 0 saturated carbocycles. The van der Waals surface area contributed by atoms with Gasteiger partial charge in [-0.1, -0.05) is 45.5 Å². The van der Waals surface area contributed by atoms with E-state index < -0.39 is 0 Å². The molecule has 2 aromatic carbocycles. The molecular weight excluding hydrogens is 398 g/mol. The highest BCUT2D eigenvalue weighted by Crippen LogP contribution is 2.31. The van der Waals surface area contributed by atoms with Gasteiger partial charge in [-0.15, -0.1) is 0 Å². The number of thiazole rings is 1. The quantitative estimate of drug-likeness (QED) is 0.624. The maximum Gasteiger partial charge on any atom is 0.254 e. The van der Waals surface area contributed by atoms with Crippen LogP contribution in [0.1, 0.15) is 15.9 Å². The summed E-state index contributed by atoms with van der Waals surface area (Å²) in [5.41, 5.74) is 2.87. The van der Waals surface area contributed by atoms with Gasteiger partial charge in [-0.3, -0.25) is 4.79 Å². The molecule has 4 rings (SSSR count). The van der Waals surface area contributed by atoms with Crippen molar-refractivity contribution in [1.29, 1.82) is 0 Å². The Balaban J connectivity index is 1.47. The lowest BCUT2D eigenvalue weighted by Gasteiger charge is -2.34. The van der Waals surface area contributed by atoms with Gasteiger partial charge < -0.3 is 9.80 Å². The number of anilines is 1. The molecule has 0 radical (unpaired) electrons. The molecule has 1 aliphatic heterocycles. The van der Waals surface area contributed by atoms with Crippen molar-refractivity contribution in [3.63, 3.8) is 0 Å². The highest BCUT2D eigenvalue weighted by Gasteiger charge is 2.24. The third-order valence-corrected chi connectivity index (χ3v) is 6.12. The highest BCUT2D eigenvalue weighted by molar-refractivity contribution is 9.10. The standard InChI is InChI=1S/C19H18BrN3OS/c1-13-4-2-3-5-15(13)18(24)22-8-10-23(11-9-22)19-21-16-7-6-14(20)12-17(16)25-19/h2-7,12H,8-11H2,1H3. The number of nitrogens with zero attached hydrogens (tertiary/aromatic N) is 3. The molecule has 1 amide bonds. The third kappa shape index (κ3) is 3.28. The van der Waals surface area contributed by atoms with Gasteiger partial charge in [0, 0.05) is 36.2 Å². The Morgan fingerprint density at radius 3 is 2.64 bits per heavy atom. The molecule has 1 saturated heterocycles. The van der Waals surface area contributed by atoms with Crippen LogP contribution in [0.5, 0.6) is 0 Å². The minimum absolute atomic E-state index is 0.131. The Kier molecular flexibility index (Phi) is 4.48. The van der Waals surface area contributed by atoms with E-state index in [1.54, 1.807) is 11.3 Å². The molecule has 0 atom stereocenters. The summed E-state index contributed by atoms with van der Waals surface area (Å²) in [5, 5.41) is 1.04. The van der Waals surface area contributed by atoms with Crippen LogP contribution in [0.3, 0.4) is 0 Å². The second kappa shape index (κ2) is 6.77. The molecule has 0 unspecified atom stereocenters. The smallest absolute Gasteiger partial charge is 0.254 e. The number of benzene rings is 2. The number of aryl methyl sites for hydroxylation is 1. The van der Waals surface area contributed by atoms with Gasteiger partial charge in [0.1, 0.15) is 0 Å². The van der Waals surface area contributed by atoms with Gasteiger partial charge in [0.15, 0.2) is 5.13 Å². The van der Waals surface area contributed by atoms with Crippen molar-refractivity contribution in [3.8, 4) is 0 Å². The molecule has 0 aliphatic carbocycles. The Labute approximate surface area is 159 Å². The summed E-state index contributed by atoms with van der Waals surface area (Å²) in [6.45, 7) is 5.08. The summed E-state index contributed by atoms with van der Waals surface area (Å²) in [7, 11) is 0. The molecule has 1 fully saturated rings. The molecule has 25 heavy (non-hydrogen) atoms. The molecule has 128 valence electrons.